The first-order chi connectivity index (χ1) is 10.7. The summed E-state index contributed by atoms with van der Waals surface area (Å²) in [7, 11) is 4.13. The lowest BCUT2D eigenvalue weighted by Crippen LogP contribution is -2.45. The molecule has 0 spiro atoms. The minimum absolute atomic E-state index is 0.0788. The summed E-state index contributed by atoms with van der Waals surface area (Å²) in [6.45, 7) is 10.9. The first-order valence-corrected chi connectivity index (χ1v) is 8.09. The van der Waals surface area contributed by atoms with E-state index in [9.17, 15) is 5.11 Å². The van der Waals surface area contributed by atoms with E-state index >= 15 is 0 Å². The van der Waals surface area contributed by atoms with Crippen LogP contribution in [-0.2, 0) is 5.60 Å². The zero-order valence-corrected chi connectivity index (χ0v) is 15.3. The molecule has 0 radical (unpaired) electrons. The van der Waals surface area contributed by atoms with Crippen molar-refractivity contribution in [1.82, 2.24) is 15.5 Å². The minimum atomic E-state index is -1.08. The van der Waals surface area contributed by atoms with Gasteiger partial charge in [0.2, 0.25) is 0 Å². The standard InChI is InChI=1S/C17H32N4O2/c1-7-18-15(19-11-16(2,3)13-21(5)6)20-12-17(4,22)14-9-8-10-23-14/h8-10,22H,7,11-13H2,1-6H3,(H2,18,19,20). The Labute approximate surface area is 140 Å². The number of nitrogens with one attached hydrogen (secondary N) is 2. The molecule has 6 nitrogen and oxygen atoms in total. The van der Waals surface area contributed by atoms with Crippen molar-refractivity contribution in [3.05, 3.63) is 24.2 Å². The Morgan fingerprint density at radius 3 is 2.52 bits per heavy atom. The number of aliphatic hydroxyl groups is 1. The fourth-order valence-corrected chi connectivity index (χ4v) is 2.47. The molecular formula is C17H32N4O2. The van der Waals surface area contributed by atoms with Gasteiger partial charge in [0.25, 0.3) is 0 Å². The van der Waals surface area contributed by atoms with Crippen LogP contribution in [-0.4, -0.2) is 56.2 Å². The molecule has 0 amide bonds. The Morgan fingerprint density at radius 2 is 2.00 bits per heavy atom. The number of aliphatic imine (C=N–C) groups is 1. The highest BCUT2D eigenvalue weighted by Crippen LogP contribution is 2.20. The number of hydrogen-bond acceptors (Lipinski definition) is 4. The van der Waals surface area contributed by atoms with E-state index in [0.717, 1.165) is 13.1 Å². The average molecular weight is 324 g/mol. The quantitative estimate of drug-likeness (QED) is 0.501. The summed E-state index contributed by atoms with van der Waals surface area (Å²) >= 11 is 0. The predicted molar refractivity (Wildman–Crippen MR) is 94.6 cm³/mol. The van der Waals surface area contributed by atoms with Gasteiger partial charge in [0.1, 0.15) is 11.4 Å². The Bertz CT molecular complexity index is 479. The number of rotatable bonds is 8. The molecule has 23 heavy (non-hydrogen) atoms. The van der Waals surface area contributed by atoms with Crippen LogP contribution in [0.1, 0.15) is 33.5 Å². The second-order valence-electron chi connectivity index (χ2n) is 7.20. The van der Waals surface area contributed by atoms with E-state index in [-0.39, 0.29) is 5.41 Å². The molecule has 3 N–H and O–H groups in total. The summed E-state index contributed by atoms with van der Waals surface area (Å²) in [5.74, 6) is 1.24. The number of nitrogens with zero attached hydrogens (tertiary/aromatic N) is 2. The lowest BCUT2D eigenvalue weighted by molar-refractivity contribution is 0.0385. The fourth-order valence-electron chi connectivity index (χ4n) is 2.47. The molecule has 0 aromatic carbocycles. The predicted octanol–water partition coefficient (Wildman–Crippen LogP) is 1.63. The normalized spacial score (nSPS) is 15.6. The van der Waals surface area contributed by atoms with Gasteiger partial charge in [0.15, 0.2) is 5.96 Å². The van der Waals surface area contributed by atoms with Crippen molar-refractivity contribution in [2.75, 3.05) is 40.3 Å². The second-order valence-corrected chi connectivity index (χ2v) is 7.20. The summed E-state index contributed by atoms with van der Waals surface area (Å²) in [6, 6.07) is 3.54. The van der Waals surface area contributed by atoms with Crippen molar-refractivity contribution in [3.63, 3.8) is 0 Å². The largest absolute Gasteiger partial charge is 0.466 e. The second kappa shape index (κ2) is 8.36. The third-order valence-electron chi connectivity index (χ3n) is 3.41. The molecule has 1 unspecified atom stereocenters. The van der Waals surface area contributed by atoms with Crippen molar-refractivity contribution >= 4 is 5.96 Å². The maximum atomic E-state index is 10.5. The van der Waals surface area contributed by atoms with Gasteiger partial charge in [-0.25, -0.2) is 0 Å². The monoisotopic (exact) mass is 324 g/mol. The van der Waals surface area contributed by atoms with Gasteiger partial charge in [0, 0.05) is 19.6 Å². The number of guanidine groups is 1. The van der Waals surface area contributed by atoms with E-state index in [1.54, 1.807) is 25.3 Å². The highest BCUT2D eigenvalue weighted by Gasteiger charge is 2.26. The van der Waals surface area contributed by atoms with E-state index in [4.69, 9.17) is 4.42 Å². The van der Waals surface area contributed by atoms with Gasteiger partial charge < -0.3 is 25.1 Å². The molecule has 1 heterocycles. The highest BCUT2D eigenvalue weighted by molar-refractivity contribution is 5.79. The van der Waals surface area contributed by atoms with E-state index in [1.807, 2.05) is 6.92 Å². The van der Waals surface area contributed by atoms with Gasteiger partial charge in [-0.2, -0.15) is 0 Å². The third kappa shape index (κ3) is 7.05. The molecule has 1 aromatic rings. The van der Waals surface area contributed by atoms with Crippen LogP contribution in [0.5, 0.6) is 0 Å². The average Bonchev–Trinajstić information content (AvgIpc) is 2.95. The minimum Gasteiger partial charge on any atom is -0.466 e. The van der Waals surface area contributed by atoms with E-state index in [1.165, 1.54) is 0 Å². The summed E-state index contributed by atoms with van der Waals surface area (Å²) in [6.07, 6.45) is 1.56. The van der Waals surface area contributed by atoms with Crippen molar-refractivity contribution in [2.24, 2.45) is 10.4 Å². The maximum absolute atomic E-state index is 10.5. The van der Waals surface area contributed by atoms with Gasteiger partial charge in [0.05, 0.1) is 12.8 Å². The number of hydrogen-bond donors (Lipinski definition) is 3. The topological polar surface area (TPSA) is 73.0 Å². The summed E-state index contributed by atoms with van der Waals surface area (Å²) < 4.78 is 5.29. The number of furan rings is 1. The molecule has 6 heteroatoms. The molecule has 1 atom stereocenters. The van der Waals surface area contributed by atoms with Crippen molar-refractivity contribution in [1.29, 1.82) is 0 Å². The Hall–Kier alpha value is -1.53. The fraction of sp³-hybridized carbons (Fsp3) is 0.706. The SMILES string of the molecule is CCNC(=NCC(C)(C)CN(C)C)NCC(C)(O)c1ccco1. The molecular weight excluding hydrogens is 292 g/mol. The zero-order chi connectivity index (χ0) is 17.5. The van der Waals surface area contributed by atoms with Crippen LogP contribution in [0.4, 0.5) is 0 Å². The molecule has 1 aromatic heterocycles. The van der Waals surface area contributed by atoms with Crippen molar-refractivity contribution in [3.8, 4) is 0 Å². The van der Waals surface area contributed by atoms with Crippen LogP contribution in [0.2, 0.25) is 0 Å². The summed E-state index contributed by atoms with van der Waals surface area (Å²) in [5, 5.41) is 16.9. The van der Waals surface area contributed by atoms with Gasteiger partial charge in [-0.15, -0.1) is 0 Å². The van der Waals surface area contributed by atoms with Gasteiger partial charge in [-0.3, -0.25) is 4.99 Å². The van der Waals surface area contributed by atoms with Gasteiger partial charge in [-0.05, 0) is 45.5 Å². The molecule has 0 saturated heterocycles. The van der Waals surface area contributed by atoms with E-state index < -0.39 is 5.60 Å². The van der Waals surface area contributed by atoms with Crippen molar-refractivity contribution < 1.29 is 9.52 Å². The van der Waals surface area contributed by atoms with E-state index in [0.29, 0.717) is 24.8 Å². The molecule has 0 bridgehead atoms. The van der Waals surface area contributed by atoms with Crippen LogP contribution < -0.4 is 10.6 Å². The third-order valence-corrected chi connectivity index (χ3v) is 3.41. The zero-order valence-electron chi connectivity index (χ0n) is 15.3. The van der Waals surface area contributed by atoms with Crippen LogP contribution in [0.3, 0.4) is 0 Å². The van der Waals surface area contributed by atoms with Crippen LogP contribution in [0.15, 0.2) is 27.8 Å². The molecule has 0 aliphatic rings. The van der Waals surface area contributed by atoms with Gasteiger partial charge >= 0.3 is 0 Å². The smallest absolute Gasteiger partial charge is 0.191 e. The van der Waals surface area contributed by atoms with E-state index in [2.05, 4.69) is 48.5 Å². The first-order valence-electron chi connectivity index (χ1n) is 8.09. The Morgan fingerprint density at radius 1 is 1.30 bits per heavy atom. The summed E-state index contributed by atoms with van der Waals surface area (Å²) in [4.78, 5) is 6.81. The Kier molecular flexibility index (Phi) is 7.09. The lowest BCUT2D eigenvalue weighted by Gasteiger charge is -2.27. The van der Waals surface area contributed by atoms with Crippen molar-refractivity contribution in [2.45, 2.75) is 33.3 Å². The first kappa shape index (κ1) is 19.5. The molecule has 0 aliphatic heterocycles. The molecule has 0 aliphatic carbocycles. The Balaban J connectivity index is 2.66. The molecule has 132 valence electrons. The van der Waals surface area contributed by atoms with Crippen LogP contribution >= 0.6 is 0 Å². The van der Waals surface area contributed by atoms with Gasteiger partial charge in [-0.1, -0.05) is 13.8 Å². The molecule has 0 saturated carbocycles. The molecule has 0 fully saturated rings. The van der Waals surface area contributed by atoms with Crippen LogP contribution in [0, 0.1) is 5.41 Å². The molecule has 1 rings (SSSR count). The summed E-state index contributed by atoms with van der Waals surface area (Å²) in [5.41, 5.74) is -1.01. The van der Waals surface area contributed by atoms with Crippen LogP contribution in [0.25, 0.3) is 0 Å². The lowest BCUT2D eigenvalue weighted by atomic mass is 9.93. The highest BCUT2D eigenvalue weighted by atomic mass is 16.4. The maximum Gasteiger partial charge on any atom is 0.191 e.